The van der Waals surface area contributed by atoms with Crippen LogP contribution in [0.25, 0.3) is 0 Å². The van der Waals surface area contributed by atoms with Crippen molar-refractivity contribution < 1.29 is 20.1 Å². The van der Waals surface area contributed by atoms with Gasteiger partial charge in [-0.15, -0.1) is 0 Å². The summed E-state index contributed by atoms with van der Waals surface area (Å²) in [6.07, 6.45) is 63.5. The van der Waals surface area contributed by atoms with Crippen LogP contribution in [0.4, 0.5) is 0 Å². The van der Waals surface area contributed by atoms with Crippen LogP contribution in [0.1, 0.15) is 296 Å². The van der Waals surface area contributed by atoms with Gasteiger partial charge in [0, 0.05) is 0 Å². The van der Waals surface area contributed by atoms with Crippen molar-refractivity contribution in [3.05, 3.63) is 24.3 Å². The van der Waals surface area contributed by atoms with Crippen LogP contribution >= 0.6 is 0 Å². The Morgan fingerprint density at radius 3 is 1.02 bits per heavy atom. The van der Waals surface area contributed by atoms with E-state index in [0.29, 0.717) is 6.42 Å². The highest BCUT2D eigenvalue weighted by molar-refractivity contribution is 5.76. The second-order valence-electron chi connectivity index (χ2n) is 18.8. The molecular weight excluding hydrogens is 739 g/mol. The largest absolute Gasteiger partial charge is 0.394 e. The highest BCUT2D eigenvalue weighted by Gasteiger charge is 2.20. The van der Waals surface area contributed by atoms with Gasteiger partial charge in [0.15, 0.2) is 0 Å². The van der Waals surface area contributed by atoms with Gasteiger partial charge in [0.2, 0.25) is 5.91 Å². The molecule has 0 heterocycles. The lowest BCUT2D eigenvalue weighted by atomic mass is 10.0. The maximum atomic E-state index is 12.5. The molecule has 0 fully saturated rings. The maximum absolute atomic E-state index is 12.5. The van der Waals surface area contributed by atoms with E-state index in [2.05, 4.69) is 31.3 Å². The molecule has 356 valence electrons. The molecular formula is C55H107NO4. The normalized spacial score (nSPS) is 13.5. The zero-order valence-electron chi connectivity index (χ0n) is 40.6. The summed E-state index contributed by atoms with van der Waals surface area (Å²) in [5, 5.41) is 33.4. The third-order valence-electron chi connectivity index (χ3n) is 12.7. The van der Waals surface area contributed by atoms with Crippen molar-refractivity contribution in [1.29, 1.82) is 0 Å². The molecule has 0 saturated heterocycles. The lowest BCUT2D eigenvalue weighted by molar-refractivity contribution is -0.124. The number of allylic oxidation sites excluding steroid dienone is 3. The lowest BCUT2D eigenvalue weighted by Gasteiger charge is -2.21. The molecule has 0 saturated carbocycles. The van der Waals surface area contributed by atoms with Crippen molar-refractivity contribution in [1.82, 2.24) is 5.32 Å². The van der Waals surface area contributed by atoms with Gasteiger partial charge in [0.05, 0.1) is 31.3 Å². The Bertz CT molecular complexity index is 890. The second-order valence-corrected chi connectivity index (χ2v) is 18.8. The van der Waals surface area contributed by atoms with E-state index in [1.807, 2.05) is 6.08 Å². The van der Waals surface area contributed by atoms with Crippen molar-refractivity contribution in [2.24, 2.45) is 0 Å². The number of hydrogen-bond donors (Lipinski definition) is 4. The number of rotatable bonds is 50. The van der Waals surface area contributed by atoms with Crippen LogP contribution in [0.3, 0.4) is 0 Å². The standard InChI is InChI=1S/C55H107NO4/c1-3-5-7-9-11-13-15-17-19-21-23-25-26-27-28-29-30-32-34-36-38-40-42-44-46-48-52(58)50-55(60)56-53(51-57)54(59)49-47-45-43-41-39-37-35-33-31-24-22-20-18-16-14-12-10-8-6-4-2/h27-28,47,49,52-54,57-59H,3-26,29-46,48,50-51H2,1-2H3,(H,56,60)/b28-27-,49-47+. The van der Waals surface area contributed by atoms with E-state index in [1.54, 1.807) is 6.08 Å². The number of carbonyl (C=O) groups is 1. The van der Waals surface area contributed by atoms with Crippen molar-refractivity contribution in [2.75, 3.05) is 6.61 Å². The second kappa shape index (κ2) is 50.5. The zero-order chi connectivity index (χ0) is 43.7. The minimum Gasteiger partial charge on any atom is -0.394 e. The van der Waals surface area contributed by atoms with Gasteiger partial charge in [-0.3, -0.25) is 4.79 Å². The molecule has 4 N–H and O–H groups in total. The van der Waals surface area contributed by atoms with Crippen LogP contribution in [0.2, 0.25) is 0 Å². The SMILES string of the molecule is CCCCCCCCCCCCCC/C=C\CCCCCCCCCCCC(O)CC(=O)NC(CO)C(O)/C=C/CCCCCCCCCCCCCCCCCCCC. The molecule has 5 heteroatoms. The average Bonchev–Trinajstić information content (AvgIpc) is 3.24. The molecule has 0 spiro atoms. The van der Waals surface area contributed by atoms with Crippen LogP contribution in [-0.2, 0) is 4.79 Å². The maximum Gasteiger partial charge on any atom is 0.222 e. The van der Waals surface area contributed by atoms with E-state index in [0.717, 1.165) is 25.7 Å². The van der Waals surface area contributed by atoms with Crippen molar-refractivity contribution in [2.45, 2.75) is 315 Å². The smallest absolute Gasteiger partial charge is 0.222 e. The van der Waals surface area contributed by atoms with Gasteiger partial charge < -0.3 is 20.6 Å². The van der Waals surface area contributed by atoms with E-state index in [4.69, 9.17) is 0 Å². The first kappa shape index (κ1) is 58.8. The van der Waals surface area contributed by atoms with Crippen LogP contribution in [0.5, 0.6) is 0 Å². The third-order valence-corrected chi connectivity index (χ3v) is 12.7. The number of amides is 1. The van der Waals surface area contributed by atoms with Gasteiger partial charge in [-0.2, -0.15) is 0 Å². The fraction of sp³-hybridized carbons (Fsp3) is 0.909. The average molecular weight is 846 g/mol. The monoisotopic (exact) mass is 846 g/mol. The number of carbonyl (C=O) groups excluding carboxylic acids is 1. The summed E-state index contributed by atoms with van der Waals surface area (Å²) in [7, 11) is 0. The molecule has 0 bridgehead atoms. The Labute approximate surface area is 375 Å². The van der Waals surface area contributed by atoms with Crippen molar-refractivity contribution >= 4 is 5.91 Å². The summed E-state index contributed by atoms with van der Waals surface area (Å²) in [4.78, 5) is 12.5. The van der Waals surface area contributed by atoms with Crippen molar-refractivity contribution in [3.63, 3.8) is 0 Å². The molecule has 0 radical (unpaired) electrons. The minimum absolute atomic E-state index is 0.0147. The van der Waals surface area contributed by atoms with Gasteiger partial charge in [0.1, 0.15) is 0 Å². The molecule has 0 aliphatic heterocycles. The van der Waals surface area contributed by atoms with E-state index in [1.165, 1.54) is 244 Å². The summed E-state index contributed by atoms with van der Waals surface area (Å²) in [6, 6.07) is -0.744. The summed E-state index contributed by atoms with van der Waals surface area (Å²) < 4.78 is 0. The molecule has 3 atom stereocenters. The van der Waals surface area contributed by atoms with Crippen molar-refractivity contribution in [3.8, 4) is 0 Å². The molecule has 3 unspecified atom stereocenters. The van der Waals surface area contributed by atoms with Gasteiger partial charge in [-0.05, 0) is 44.9 Å². The lowest BCUT2D eigenvalue weighted by Crippen LogP contribution is -2.45. The Morgan fingerprint density at radius 2 is 0.700 bits per heavy atom. The number of nitrogens with one attached hydrogen (secondary N) is 1. The van der Waals surface area contributed by atoms with Crippen LogP contribution in [0.15, 0.2) is 24.3 Å². The quantitative estimate of drug-likeness (QED) is 0.0363. The zero-order valence-corrected chi connectivity index (χ0v) is 40.6. The Morgan fingerprint density at radius 1 is 0.417 bits per heavy atom. The first-order valence-corrected chi connectivity index (χ1v) is 27.1. The molecule has 5 nitrogen and oxygen atoms in total. The Kier molecular flexibility index (Phi) is 49.5. The summed E-state index contributed by atoms with van der Waals surface area (Å²) in [5.74, 6) is -0.312. The fourth-order valence-corrected chi connectivity index (χ4v) is 8.57. The molecule has 60 heavy (non-hydrogen) atoms. The number of hydrogen-bond acceptors (Lipinski definition) is 4. The molecule has 1 amide bonds. The van der Waals surface area contributed by atoms with Crippen LogP contribution in [0, 0.1) is 0 Å². The molecule has 0 aromatic carbocycles. The third kappa shape index (κ3) is 46.3. The van der Waals surface area contributed by atoms with Crippen LogP contribution < -0.4 is 5.32 Å². The highest BCUT2D eigenvalue weighted by Crippen LogP contribution is 2.17. The van der Waals surface area contributed by atoms with Gasteiger partial charge in [-0.1, -0.05) is 269 Å². The van der Waals surface area contributed by atoms with Gasteiger partial charge in [0.25, 0.3) is 0 Å². The number of unbranched alkanes of at least 4 members (excludes halogenated alkanes) is 39. The predicted octanol–water partition coefficient (Wildman–Crippen LogP) is 16.5. The van der Waals surface area contributed by atoms with Gasteiger partial charge >= 0.3 is 0 Å². The molecule has 0 aromatic rings. The fourth-order valence-electron chi connectivity index (χ4n) is 8.57. The number of aliphatic hydroxyl groups is 3. The summed E-state index contributed by atoms with van der Waals surface area (Å²) in [5.41, 5.74) is 0. The van der Waals surface area contributed by atoms with E-state index >= 15 is 0 Å². The Balaban J connectivity index is 3.57. The first-order valence-electron chi connectivity index (χ1n) is 27.1. The minimum atomic E-state index is -0.928. The number of aliphatic hydroxyl groups excluding tert-OH is 3. The predicted molar refractivity (Wildman–Crippen MR) is 264 cm³/mol. The highest BCUT2D eigenvalue weighted by atomic mass is 16.3. The summed E-state index contributed by atoms with van der Waals surface area (Å²) >= 11 is 0. The molecule has 0 rings (SSSR count). The molecule has 0 aromatic heterocycles. The molecule has 0 aliphatic carbocycles. The first-order chi connectivity index (χ1) is 29.5. The van der Waals surface area contributed by atoms with Crippen LogP contribution in [-0.4, -0.2) is 46.1 Å². The molecule has 0 aliphatic rings. The topological polar surface area (TPSA) is 89.8 Å². The van der Waals surface area contributed by atoms with E-state index in [-0.39, 0.29) is 18.9 Å². The van der Waals surface area contributed by atoms with E-state index in [9.17, 15) is 20.1 Å². The Hall–Kier alpha value is -1.17. The van der Waals surface area contributed by atoms with Gasteiger partial charge in [-0.25, -0.2) is 0 Å². The summed E-state index contributed by atoms with van der Waals surface area (Å²) in [6.45, 7) is 4.25. The van der Waals surface area contributed by atoms with E-state index < -0.39 is 18.2 Å².